The summed E-state index contributed by atoms with van der Waals surface area (Å²) in [5.41, 5.74) is -0.0493. The molecule has 0 atom stereocenters. The van der Waals surface area contributed by atoms with Crippen LogP contribution in [0, 0.1) is 11.6 Å². The van der Waals surface area contributed by atoms with Crippen molar-refractivity contribution in [3.8, 4) is 0 Å². The zero-order valence-electron chi connectivity index (χ0n) is 16.0. The monoisotopic (exact) mass is 421 g/mol. The number of nitrogens with one attached hydrogen (secondary N) is 3. The van der Waals surface area contributed by atoms with E-state index < -0.39 is 23.2 Å². The van der Waals surface area contributed by atoms with Crippen molar-refractivity contribution in [1.82, 2.24) is 10.6 Å². The molecule has 2 aromatic rings. The van der Waals surface area contributed by atoms with Gasteiger partial charge in [0.25, 0.3) is 5.91 Å². The van der Waals surface area contributed by atoms with Crippen LogP contribution >= 0.6 is 11.6 Å². The summed E-state index contributed by atoms with van der Waals surface area (Å²) in [5.74, 6) is -1.72. The van der Waals surface area contributed by atoms with Gasteiger partial charge in [-0.05, 0) is 37.1 Å². The van der Waals surface area contributed by atoms with Gasteiger partial charge >= 0.3 is 6.03 Å². The van der Waals surface area contributed by atoms with Crippen LogP contribution in [0.3, 0.4) is 0 Å². The van der Waals surface area contributed by atoms with E-state index in [1.807, 2.05) is 0 Å². The van der Waals surface area contributed by atoms with Gasteiger partial charge in [0.2, 0.25) is 0 Å². The van der Waals surface area contributed by atoms with Gasteiger partial charge in [0.05, 0.1) is 16.1 Å². The normalized spacial score (nSPS) is 15.4. The number of urea groups is 1. The van der Waals surface area contributed by atoms with Crippen LogP contribution in [0.5, 0.6) is 0 Å². The third-order valence-electron chi connectivity index (χ3n) is 5.20. The lowest BCUT2D eigenvalue weighted by Gasteiger charge is -2.38. The first-order valence-electron chi connectivity index (χ1n) is 9.41. The lowest BCUT2D eigenvalue weighted by molar-refractivity contribution is 0.0963. The van der Waals surface area contributed by atoms with Crippen LogP contribution in [-0.2, 0) is 5.54 Å². The number of amides is 3. The molecule has 0 radical (unpaired) electrons. The summed E-state index contributed by atoms with van der Waals surface area (Å²) in [5, 5.41) is 8.30. The maximum absolute atomic E-state index is 14.5. The fourth-order valence-electron chi connectivity index (χ4n) is 3.79. The second-order valence-electron chi connectivity index (χ2n) is 7.12. The van der Waals surface area contributed by atoms with Crippen LogP contribution in [-0.4, -0.2) is 19.0 Å². The minimum atomic E-state index is -0.920. The summed E-state index contributed by atoms with van der Waals surface area (Å²) in [6, 6.07) is 7.43. The second-order valence-corrected chi connectivity index (χ2v) is 7.53. The molecule has 154 valence electrons. The van der Waals surface area contributed by atoms with E-state index in [0.29, 0.717) is 18.5 Å². The Morgan fingerprint density at radius 2 is 1.76 bits per heavy atom. The third-order valence-corrected chi connectivity index (χ3v) is 5.53. The number of carbonyl (C=O) groups excluding carboxylic acids is 2. The van der Waals surface area contributed by atoms with E-state index in [1.54, 1.807) is 6.07 Å². The highest BCUT2D eigenvalue weighted by Gasteiger charge is 2.37. The van der Waals surface area contributed by atoms with E-state index in [2.05, 4.69) is 16.0 Å². The van der Waals surface area contributed by atoms with Crippen molar-refractivity contribution in [2.24, 2.45) is 0 Å². The Hall–Kier alpha value is -2.67. The molecule has 0 heterocycles. The molecule has 3 amide bonds. The van der Waals surface area contributed by atoms with Gasteiger partial charge in [-0.1, -0.05) is 36.9 Å². The van der Waals surface area contributed by atoms with Crippen LogP contribution in [0.25, 0.3) is 0 Å². The van der Waals surface area contributed by atoms with Crippen molar-refractivity contribution in [1.29, 1.82) is 0 Å². The molecule has 0 aliphatic heterocycles. The minimum absolute atomic E-state index is 0.226. The first-order valence-corrected chi connectivity index (χ1v) is 9.79. The summed E-state index contributed by atoms with van der Waals surface area (Å²) in [4.78, 5) is 24.6. The molecule has 1 aliphatic carbocycles. The predicted octanol–water partition coefficient (Wildman–Crippen LogP) is 4.96. The van der Waals surface area contributed by atoms with Crippen LogP contribution in [0.4, 0.5) is 19.3 Å². The Morgan fingerprint density at radius 3 is 2.41 bits per heavy atom. The Bertz CT molecular complexity index is 930. The lowest BCUT2D eigenvalue weighted by atomic mass is 9.76. The largest absolute Gasteiger partial charge is 0.355 e. The summed E-state index contributed by atoms with van der Waals surface area (Å²) in [6.07, 6.45) is 3.72. The maximum Gasteiger partial charge on any atom is 0.319 e. The maximum atomic E-state index is 14.5. The highest BCUT2D eigenvalue weighted by atomic mass is 35.5. The summed E-state index contributed by atoms with van der Waals surface area (Å²) in [6.45, 7) is 0. The quantitative estimate of drug-likeness (QED) is 0.653. The molecule has 29 heavy (non-hydrogen) atoms. The molecule has 0 spiro atoms. The van der Waals surface area contributed by atoms with Crippen molar-refractivity contribution in [3.63, 3.8) is 0 Å². The number of halogens is 3. The van der Waals surface area contributed by atoms with Crippen molar-refractivity contribution in [2.75, 3.05) is 12.4 Å². The van der Waals surface area contributed by atoms with Crippen LogP contribution in [0.15, 0.2) is 36.4 Å². The molecule has 0 saturated heterocycles. The van der Waals surface area contributed by atoms with Crippen LogP contribution < -0.4 is 16.0 Å². The standard InChI is InChI=1S/C21H22ClF2N3O2/c1-25-19(28)15-12-14(6-8-17(15)22)26-20(29)27-21(9-3-2-4-10-21)16-7-5-13(23)11-18(16)24/h5-8,11-12H,2-4,9-10H2,1H3,(H,25,28)(H2,26,27,29). The number of carbonyl (C=O) groups is 2. The predicted molar refractivity (Wildman–Crippen MR) is 108 cm³/mol. The Labute approximate surface area is 172 Å². The average Bonchev–Trinajstić information content (AvgIpc) is 2.69. The molecule has 3 rings (SSSR count). The summed E-state index contributed by atoms with van der Waals surface area (Å²) >= 11 is 6.03. The lowest BCUT2D eigenvalue weighted by Crippen LogP contribution is -2.49. The van der Waals surface area contributed by atoms with E-state index in [4.69, 9.17) is 11.6 Å². The van der Waals surface area contributed by atoms with E-state index in [1.165, 1.54) is 31.3 Å². The average molecular weight is 422 g/mol. The number of benzene rings is 2. The van der Waals surface area contributed by atoms with Gasteiger partial charge in [-0.2, -0.15) is 0 Å². The Morgan fingerprint density at radius 1 is 1.03 bits per heavy atom. The molecule has 2 aromatic carbocycles. The molecule has 1 aliphatic rings. The zero-order chi connectivity index (χ0) is 21.0. The fraction of sp³-hybridized carbons (Fsp3) is 0.333. The Kier molecular flexibility index (Phi) is 6.37. The van der Waals surface area contributed by atoms with E-state index in [0.717, 1.165) is 25.3 Å². The molecule has 5 nitrogen and oxygen atoms in total. The summed E-state index contributed by atoms with van der Waals surface area (Å²) < 4.78 is 27.9. The molecule has 0 bridgehead atoms. The zero-order valence-corrected chi connectivity index (χ0v) is 16.7. The highest BCUT2D eigenvalue weighted by Crippen LogP contribution is 2.38. The summed E-state index contributed by atoms with van der Waals surface area (Å²) in [7, 11) is 1.48. The number of hydrogen-bond acceptors (Lipinski definition) is 2. The second kappa shape index (κ2) is 8.78. The molecule has 0 unspecified atom stereocenters. The van der Waals surface area contributed by atoms with Gasteiger partial charge in [-0.15, -0.1) is 0 Å². The van der Waals surface area contributed by atoms with Gasteiger partial charge in [0, 0.05) is 24.4 Å². The fourth-order valence-corrected chi connectivity index (χ4v) is 3.99. The van der Waals surface area contributed by atoms with Crippen molar-refractivity contribution in [3.05, 3.63) is 64.2 Å². The first kappa shape index (κ1) is 21.0. The van der Waals surface area contributed by atoms with Crippen LogP contribution in [0.1, 0.15) is 48.0 Å². The Balaban J connectivity index is 1.84. The minimum Gasteiger partial charge on any atom is -0.355 e. The molecular weight excluding hydrogens is 400 g/mol. The smallest absolute Gasteiger partial charge is 0.319 e. The van der Waals surface area contributed by atoms with Crippen LogP contribution in [0.2, 0.25) is 5.02 Å². The topological polar surface area (TPSA) is 70.2 Å². The number of hydrogen-bond donors (Lipinski definition) is 3. The van der Waals surface area contributed by atoms with Crippen molar-refractivity contribution in [2.45, 2.75) is 37.6 Å². The SMILES string of the molecule is CNC(=O)c1cc(NC(=O)NC2(c3ccc(F)cc3F)CCCCC2)ccc1Cl. The molecule has 3 N–H and O–H groups in total. The molecule has 1 saturated carbocycles. The molecule has 8 heteroatoms. The van der Waals surface area contributed by atoms with Gasteiger partial charge < -0.3 is 16.0 Å². The highest BCUT2D eigenvalue weighted by molar-refractivity contribution is 6.34. The number of anilines is 1. The van der Waals surface area contributed by atoms with Gasteiger partial charge in [0.15, 0.2) is 0 Å². The third kappa shape index (κ3) is 4.67. The van der Waals surface area contributed by atoms with Gasteiger partial charge in [-0.25, -0.2) is 13.6 Å². The van der Waals surface area contributed by atoms with Crippen molar-refractivity contribution < 1.29 is 18.4 Å². The van der Waals surface area contributed by atoms with E-state index in [9.17, 15) is 18.4 Å². The molecular formula is C21H22ClF2N3O2. The van der Waals surface area contributed by atoms with Gasteiger partial charge in [0.1, 0.15) is 11.6 Å². The van der Waals surface area contributed by atoms with E-state index >= 15 is 0 Å². The molecule has 0 aromatic heterocycles. The van der Waals surface area contributed by atoms with Crippen molar-refractivity contribution >= 4 is 29.2 Å². The number of rotatable bonds is 4. The van der Waals surface area contributed by atoms with Gasteiger partial charge in [-0.3, -0.25) is 4.79 Å². The molecule has 1 fully saturated rings. The first-order chi connectivity index (χ1) is 13.8. The van der Waals surface area contributed by atoms with E-state index in [-0.39, 0.29) is 22.1 Å².